The number of ketones is 1. The summed E-state index contributed by atoms with van der Waals surface area (Å²) >= 11 is 0. The Bertz CT molecular complexity index is 373. The zero-order valence-electron chi connectivity index (χ0n) is 9.33. The lowest BCUT2D eigenvalue weighted by Crippen LogP contribution is -2.41. The smallest absolute Gasteiger partial charge is 0.210 e. The van der Waals surface area contributed by atoms with Crippen LogP contribution in [0.3, 0.4) is 0 Å². The Morgan fingerprint density at radius 2 is 2.12 bits per heavy atom. The normalized spacial score (nSPS) is 33.9. The highest BCUT2D eigenvalue weighted by atomic mass is 16.7. The number of carbonyl (C=O) groups excluding carboxylic acids is 1. The predicted molar refractivity (Wildman–Crippen MR) is 58.6 cm³/mol. The van der Waals surface area contributed by atoms with Crippen LogP contribution in [0.5, 0.6) is 0 Å². The largest absolute Gasteiger partial charge is 0.462 e. The van der Waals surface area contributed by atoms with E-state index in [1.807, 2.05) is 0 Å². The van der Waals surface area contributed by atoms with Crippen LogP contribution in [0.25, 0.3) is 0 Å². The fraction of sp³-hybridized carbons (Fsp3) is 0.615. The number of hydrogen-bond acceptors (Lipinski definition) is 3. The van der Waals surface area contributed by atoms with Gasteiger partial charge in [0.25, 0.3) is 0 Å². The second-order valence-corrected chi connectivity index (χ2v) is 4.76. The van der Waals surface area contributed by atoms with Crippen molar-refractivity contribution in [1.82, 2.24) is 0 Å². The van der Waals surface area contributed by atoms with Crippen molar-refractivity contribution in [2.24, 2.45) is 0 Å². The van der Waals surface area contributed by atoms with Crippen LogP contribution in [0.2, 0.25) is 0 Å². The van der Waals surface area contributed by atoms with Crippen LogP contribution in [0, 0.1) is 0 Å². The topological polar surface area (TPSA) is 35.5 Å². The summed E-state index contributed by atoms with van der Waals surface area (Å²) in [6, 6.07) is 0. The zero-order valence-corrected chi connectivity index (χ0v) is 9.33. The highest BCUT2D eigenvalue weighted by Gasteiger charge is 2.39. The van der Waals surface area contributed by atoms with Gasteiger partial charge < -0.3 is 9.47 Å². The minimum atomic E-state index is -0.387. The van der Waals surface area contributed by atoms with Gasteiger partial charge in [0.05, 0.1) is 6.61 Å². The summed E-state index contributed by atoms with van der Waals surface area (Å²) in [4.78, 5) is 11.3. The molecule has 0 amide bonds. The summed E-state index contributed by atoms with van der Waals surface area (Å²) in [5.74, 6) is 0.678. The van der Waals surface area contributed by atoms with Gasteiger partial charge in [-0.15, -0.1) is 0 Å². The standard InChI is InChI=1S/C13H16O3/c14-11-3-4-12-10(9-11)5-7-13(16-12)6-1-2-8-15-13/h3-4H,1-2,5-9H2. The Labute approximate surface area is 95.1 Å². The van der Waals surface area contributed by atoms with E-state index < -0.39 is 0 Å². The number of rotatable bonds is 0. The van der Waals surface area contributed by atoms with Gasteiger partial charge in [-0.05, 0) is 37.0 Å². The monoisotopic (exact) mass is 220 g/mol. The molecule has 3 heteroatoms. The van der Waals surface area contributed by atoms with E-state index in [4.69, 9.17) is 9.47 Å². The van der Waals surface area contributed by atoms with Crippen molar-refractivity contribution in [2.45, 2.75) is 44.3 Å². The minimum absolute atomic E-state index is 0.183. The van der Waals surface area contributed by atoms with E-state index in [2.05, 4.69) is 0 Å². The molecular formula is C13H16O3. The van der Waals surface area contributed by atoms with Crippen molar-refractivity contribution in [3.63, 3.8) is 0 Å². The third-order valence-electron chi connectivity index (χ3n) is 3.58. The lowest BCUT2D eigenvalue weighted by molar-refractivity contribution is -0.243. The average Bonchev–Trinajstić information content (AvgIpc) is 2.31. The fourth-order valence-electron chi connectivity index (χ4n) is 2.66. The second kappa shape index (κ2) is 3.74. The number of carbonyl (C=O) groups is 1. The first kappa shape index (κ1) is 10.1. The van der Waals surface area contributed by atoms with Crippen molar-refractivity contribution in [2.75, 3.05) is 6.61 Å². The molecule has 3 rings (SSSR count). The molecule has 0 aromatic heterocycles. The van der Waals surface area contributed by atoms with Gasteiger partial charge in [-0.1, -0.05) is 0 Å². The first-order valence-electron chi connectivity index (χ1n) is 6.03. The van der Waals surface area contributed by atoms with Crippen LogP contribution in [0.4, 0.5) is 0 Å². The third-order valence-corrected chi connectivity index (χ3v) is 3.58. The molecule has 3 aliphatic rings. The molecule has 3 nitrogen and oxygen atoms in total. The molecule has 1 atom stereocenters. The van der Waals surface area contributed by atoms with E-state index in [0.717, 1.165) is 43.6 Å². The fourth-order valence-corrected chi connectivity index (χ4v) is 2.66. The molecule has 1 spiro atoms. The van der Waals surface area contributed by atoms with Crippen molar-refractivity contribution >= 4 is 5.78 Å². The summed E-state index contributed by atoms with van der Waals surface area (Å²) in [6.45, 7) is 0.797. The average molecular weight is 220 g/mol. The van der Waals surface area contributed by atoms with Gasteiger partial charge in [-0.25, -0.2) is 0 Å². The molecule has 1 unspecified atom stereocenters. The van der Waals surface area contributed by atoms with Gasteiger partial charge in [0.15, 0.2) is 5.78 Å². The molecule has 0 saturated carbocycles. The number of allylic oxidation sites excluding steroid dienone is 3. The van der Waals surface area contributed by atoms with E-state index in [1.165, 1.54) is 6.42 Å². The van der Waals surface area contributed by atoms with Gasteiger partial charge >= 0.3 is 0 Å². The van der Waals surface area contributed by atoms with Crippen LogP contribution in [0.15, 0.2) is 23.5 Å². The predicted octanol–water partition coefficient (Wildman–Crippen LogP) is 2.48. The van der Waals surface area contributed by atoms with Crippen LogP contribution in [-0.4, -0.2) is 18.2 Å². The minimum Gasteiger partial charge on any atom is -0.462 e. The highest BCUT2D eigenvalue weighted by molar-refractivity contribution is 5.93. The van der Waals surface area contributed by atoms with Crippen molar-refractivity contribution in [3.05, 3.63) is 23.5 Å². The van der Waals surface area contributed by atoms with Crippen molar-refractivity contribution in [3.8, 4) is 0 Å². The van der Waals surface area contributed by atoms with E-state index in [1.54, 1.807) is 12.2 Å². The molecule has 1 aliphatic carbocycles. The number of ether oxygens (including phenoxy) is 2. The molecule has 16 heavy (non-hydrogen) atoms. The maximum absolute atomic E-state index is 11.3. The highest BCUT2D eigenvalue weighted by Crippen LogP contribution is 2.40. The van der Waals surface area contributed by atoms with Gasteiger partial charge in [0.1, 0.15) is 5.76 Å². The van der Waals surface area contributed by atoms with E-state index in [9.17, 15) is 4.79 Å². The van der Waals surface area contributed by atoms with E-state index in [0.29, 0.717) is 6.42 Å². The first-order chi connectivity index (χ1) is 7.77. The van der Waals surface area contributed by atoms with E-state index >= 15 is 0 Å². The molecular weight excluding hydrogens is 204 g/mol. The molecule has 0 bridgehead atoms. The number of hydrogen-bond donors (Lipinski definition) is 0. The maximum atomic E-state index is 11.3. The first-order valence-corrected chi connectivity index (χ1v) is 6.03. The molecule has 1 fully saturated rings. The molecule has 1 saturated heterocycles. The van der Waals surface area contributed by atoms with E-state index in [-0.39, 0.29) is 11.6 Å². The van der Waals surface area contributed by atoms with Crippen LogP contribution < -0.4 is 0 Å². The Morgan fingerprint density at radius 3 is 2.94 bits per heavy atom. The summed E-state index contributed by atoms with van der Waals surface area (Å²) in [7, 11) is 0. The molecule has 0 aromatic rings. The van der Waals surface area contributed by atoms with Crippen LogP contribution in [-0.2, 0) is 14.3 Å². The Balaban J connectivity index is 1.81. The lowest BCUT2D eigenvalue weighted by atomic mass is 9.90. The van der Waals surface area contributed by atoms with Gasteiger partial charge in [-0.2, -0.15) is 0 Å². The van der Waals surface area contributed by atoms with Crippen LogP contribution in [0.1, 0.15) is 38.5 Å². The lowest BCUT2D eigenvalue weighted by Gasteiger charge is -2.41. The maximum Gasteiger partial charge on any atom is 0.210 e. The second-order valence-electron chi connectivity index (χ2n) is 4.76. The summed E-state index contributed by atoms with van der Waals surface area (Å²) in [5, 5.41) is 0. The van der Waals surface area contributed by atoms with Gasteiger partial charge in [-0.3, -0.25) is 4.79 Å². The third kappa shape index (κ3) is 1.69. The molecule has 0 radical (unpaired) electrons. The molecule has 0 aromatic carbocycles. The quantitative estimate of drug-likeness (QED) is 0.629. The van der Waals surface area contributed by atoms with Crippen molar-refractivity contribution in [1.29, 1.82) is 0 Å². The zero-order chi connectivity index (χ0) is 11.0. The van der Waals surface area contributed by atoms with Crippen LogP contribution >= 0.6 is 0 Å². The Morgan fingerprint density at radius 1 is 1.19 bits per heavy atom. The molecule has 0 N–H and O–H groups in total. The summed E-state index contributed by atoms with van der Waals surface area (Å²) in [5.41, 5.74) is 1.15. The Hall–Kier alpha value is -1.09. The molecule has 2 aliphatic heterocycles. The molecule has 86 valence electrons. The summed E-state index contributed by atoms with van der Waals surface area (Å²) < 4.78 is 11.8. The summed E-state index contributed by atoms with van der Waals surface area (Å²) in [6.07, 6.45) is 9.06. The Kier molecular flexibility index (Phi) is 2.36. The SMILES string of the molecule is O=C1C=CC2=C(CCC3(CCCCO3)O2)C1. The van der Waals surface area contributed by atoms with Crippen molar-refractivity contribution < 1.29 is 14.3 Å². The van der Waals surface area contributed by atoms with Gasteiger partial charge in [0, 0.05) is 19.3 Å². The van der Waals surface area contributed by atoms with Gasteiger partial charge in [0.2, 0.25) is 5.79 Å². The molecule has 2 heterocycles.